The van der Waals surface area contributed by atoms with Crippen LogP contribution in [-0.2, 0) is 10.0 Å². The average Bonchev–Trinajstić information content (AvgIpc) is 2.47. The molecule has 0 spiro atoms. The van der Waals surface area contributed by atoms with Crippen molar-refractivity contribution >= 4 is 21.7 Å². The summed E-state index contributed by atoms with van der Waals surface area (Å²) in [6, 6.07) is 4.09. The van der Waals surface area contributed by atoms with Crippen LogP contribution in [0.15, 0.2) is 23.1 Å². The molecule has 0 amide bonds. The predicted octanol–water partition coefficient (Wildman–Crippen LogP) is 3.45. The van der Waals surface area contributed by atoms with Crippen molar-refractivity contribution in [2.75, 3.05) is 5.32 Å². The van der Waals surface area contributed by atoms with Gasteiger partial charge >= 0.3 is 5.97 Å². The quantitative estimate of drug-likeness (QED) is 0.597. The largest absolute Gasteiger partial charge is 0.478 e. The van der Waals surface area contributed by atoms with Crippen LogP contribution in [-0.4, -0.2) is 31.6 Å². The predicted molar refractivity (Wildman–Crippen MR) is 96.1 cm³/mol. The zero-order chi connectivity index (χ0) is 18.3. The monoisotopic (exact) mass is 356 g/mol. The Hall–Kier alpha value is -1.60. The van der Waals surface area contributed by atoms with E-state index >= 15 is 0 Å². The molecule has 0 heterocycles. The minimum absolute atomic E-state index is 0.0310. The Labute approximate surface area is 144 Å². The highest BCUT2D eigenvalue weighted by atomic mass is 32.2. The van der Waals surface area contributed by atoms with Crippen LogP contribution < -0.4 is 10.0 Å². The number of sulfonamides is 1. The second-order valence-corrected chi connectivity index (χ2v) is 7.87. The third-order valence-corrected chi connectivity index (χ3v) is 5.32. The zero-order valence-corrected chi connectivity index (χ0v) is 15.6. The molecule has 0 radical (unpaired) electrons. The number of aromatic carboxylic acids is 1. The van der Waals surface area contributed by atoms with E-state index in [0.29, 0.717) is 5.69 Å². The molecule has 1 aromatic carbocycles. The van der Waals surface area contributed by atoms with Crippen LogP contribution in [0.2, 0.25) is 0 Å². The van der Waals surface area contributed by atoms with E-state index in [1.165, 1.54) is 18.2 Å². The number of carbonyl (C=O) groups is 1. The molecular formula is C17H28N2O4S. The summed E-state index contributed by atoms with van der Waals surface area (Å²) in [6.45, 7) is 7.79. The van der Waals surface area contributed by atoms with E-state index in [0.717, 1.165) is 25.7 Å². The number of rotatable bonds is 10. The highest BCUT2D eigenvalue weighted by molar-refractivity contribution is 7.89. The molecule has 1 rings (SSSR count). The van der Waals surface area contributed by atoms with Gasteiger partial charge in [0, 0.05) is 17.8 Å². The fourth-order valence-electron chi connectivity index (χ4n) is 2.59. The van der Waals surface area contributed by atoms with Crippen LogP contribution in [0, 0.1) is 0 Å². The maximum Gasteiger partial charge on any atom is 0.337 e. The third-order valence-electron chi connectivity index (χ3n) is 3.73. The fourth-order valence-corrected chi connectivity index (χ4v) is 3.89. The van der Waals surface area contributed by atoms with Gasteiger partial charge in [-0.1, -0.05) is 26.7 Å². The third kappa shape index (κ3) is 5.79. The van der Waals surface area contributed by atoms with Crippen molar-refractivity contribution in [2.45, 2.75) is 70.4 Å². The molecule has 6 nitrogen and oxygen atoms in total. The van der Waals surface area contributed by atoms with Crippen LogP contribution in [0.4, 0.5) is 5.69 Å². The standard InChI is InChI=1S/C17H28N2O4S/c1-5-7-12(3)18-16-10-9-14(11-15(16)17(20)21)24(22,23)19-13(4)8-6-2/h9-13,18-19H,5-8H2,1-4H3,(H,20,21). The van der Waals surface area contributed by atoms with Gasteiger partial charge in [-0.05, 0) is 44.9 Å². The van der Waals surface area contributed by atoms with Gasteiger partial charge in [0.15, 0.2) is 0 Å². The van der Waals surface area contributed by atoms with Gasteiger partial charge in [-0.25, -0.2) is 17.9 Å². The molecule has 2 atom stereocenters. The van der Waals surface area contributed by atoms with Gasteiger partial charge in [0.2, 0.25) is 10.0 Å². The Kier molecular flexibility index (Phi) is 7.69. The van der Waals surface area contributed by atoms with E-state index in [-0.39, 0.29) is 22.5 Å². The number of hydrogen-bond acceptors (Lipinski definition) is 4. The summed E-state index contributed by atoms with van der Waals surface area (Å²) in [4.78, 5) is 11.5. The van der Waals surface area contributed by atoms with Gasteiger partial charge in [0.05, 0.1) is 10.5 Å². The SMILES string of the molecule is CCCC(C)Nc1ccc(S(=O)(=O)NC(C)CCC)cc1C(=O)O. The van der Waals surface area contributed by atoms with Crippen molar-refractivity contribution < 1.29 is 18.3 Å². The highest BCUT2D eigenvalue weighted by Crippen LogP contribution is 2.22. The Bertz CT molecular complexity index is 659. The summed E-state index contributed by atoms with van der Waals surface area (Å²) in [7, 11) is -3.73. The molecular weight excluding hydrogens is 328 g/mol. The van der Waals surface area contributed by atoms with Crippen LogP contribution in [0.1, 0.15) is 63.7 Å². The van der Waals surface area contributed by atoms with Crippen molar-refractivity contribution in [1.82, 2.24) is 4.72 Å². The van der Waals surface area contributed by atoms with Crippen molar-refractivity contribution in [2.24, 2.45) is 0 Å². The lowest BCUT2D eigenvalue weighted by Crippen LogP contribution is -2.32. The first-order valence-corrected chi connectivity index (χ1v) is 9.85. The molecule has 0 bridgehead atoms. The highest BCUT2D eigenvalue weighted by Gasteiger charge is 2.21. The van der Waals surface area contributed by atoms with Crippen LogP contribution >= 0.6 is 0 Å². The maximum absolute atomic E-state index is 12.4. The van der Waals surface area contributed by atoms with Gasteiger partial charge in [-0.3, -0.25) is 0 Å². The molecule has 0 saturated carbocycles. The summed E-state index contributed by atoms with van der Waals surface area (Å²) in [6.07, 6.45) is 3.46. The minimum atomic E-state index is -3.73. The zero-order valence-electron chi connectivity index (χ0n) is 14.8. The second-order valence-electron chi connectivity index (χ2n) is 6.16. The summed E-state index contributed by atoms with van der Waals surface area (Å²) >= 11 is 0. The molecule has 2 unspecified atom stereocenters. The van der Waals surface area contributed by atoms with Gasteiger partial charge in [0.1, 0.15) is 0 Å². The lowest BCUT2D eigenvalue weighted by Gasteiger charge is -2.18. The molecule has 7 heteroatoms. The summed E-state index contributed by atoms with van der Waals surface area (Å²) < 4.78 is 27.4. The number of carboxylic acids is 1. The van der Waals surface area contributed by atoms with E-state index in [4.69, 9.17) is 0 Å². The first kappa shape index (κ1) is 20.4. The normalized spacial score (nSPS) is 14.2. The minimum Gasteiger partial charge on any atom is -0.478 e. The van der Waals surface area contributed by atoms with E-state index in [1.807, 2.05) is 13.8 Å². The smallest absolute Gasteiger partial charge is 0.337 e. The van der Waals surface area contributed by atoms with Gasteiger partial charge in [0.25, 0.3) is 0 Å². The van der Waals surface area contributed by atoms with Crippen molar-refractivity contribution in [1.29, 1.82) is 0 Å². The maximum atomic E-state index is 12.4. The summed E-state index contributed by atoms with van der Waals surface area (Å²) in [5.41, 5.74) is 0.396. The Balaban J connectivity index is 3.11. The van der Waals surface area contributed by atoms with Gasteiger partial charge in [-0.15, -0.1) is 0 Å². The molecule has 1 aromatic rings. The molecule has 0 aliphatic rings. The number of hydrogen-bond donors (Lipinski definition) is 3. The van der Waals surface area contributed by atoms with E-state index in [9.17, 15) is 18.3 Å². The molecule has 3 N–H and O–H groups in total. The van der Waals surface area contributed by atoms with Gasteiger partial charge in [-0.2, -0.15) is 0 Å². The molecule has 0 fully saturated rings. The molecule has 24 heavy (non-hydrogen) atoms. The van der Waals surface area contributed by atoms with Gasteiger partial charge < -0.3 is 10.4 Å². The number of benzene rings is 1. The summed E-state index contributed by atoms with van der Waals surface area (Å²) in [5.74, 6) is -1.15. The first-order chi connectivity index (χ1) is 11.2. The fraction of sp³-hybridized carbons (Fsp3) is 0.588. The van der Waals surface area contributed by atoms with E-state index < -0.39 is 16.0 Å². The average molecular weight is 356 g/mol. The number of nitrogens with one attached hydrogen (secondary N) is 2. The lowest BCUT2D eigenvalue weighted by molar-refractivity contribution is 0.0697. The van der Waals surface area contributed by atoms with Crippen molar-refractivity contribution in [3.63, 3.8) is 0 Å². The molecule has 0 saturated heterocycles. The summed E-state index contributed by atoms with van der Waals surface area (Å²) in [5, 5.41) is 12.5. The topological polar surface area (TPSA) is 95.5 Å². The van der Waals surface area contributed by atoms with E-state index in [1.54, 1.807) is 6.92 Å². The Morgan fingerprint density at radius 3 is 2.25 bits per heavy atom. The second kappa shape index (κ2) is 9.03. The molecule has 0 aliphatic heterocycles. The molecule has 0 aliphatic carbocycles. The van der Waals surface area contributed by atoms with Crippen LogP contribution in [0.5, 0.6) is 0 Å². The molecule has 136 valence electrons. The van der Waals surface area contributed by atoms with Crippen LogP contribution in [0.25, 0.3) is 0 Å². The first-order valence-electron chi connectivity index (χ1n) is 8.37. The Morgan fingerprint density at radius 1 is 1.12 bits per heavy atom. The molecule has 0 aromatic heterocycles. The van der Waals surface area contributed by atoms with Crippen molar-refractivity contribution in [3.05, 3.63) is 23.8 Å². The van der Waals surface area contributed by atoms with Crippen LogP contribution in [0.3, 0.4) is 0 Å². The van der Waals surface area contributed by atoms with Crippen molar-refractivity contribution in [3.8, 4) is 0 Å². The Morgan fingerprint density at radius 2 is 1.71 bits per heavy atom. The lowest BCUT2D eigenvalue weighted by atomic mass is 10.1. The number of carboxylic acid groups (broad SMARTS) is 1. The number of anilines is 1. The van der Waals surface area contributed by atoms with E-state index in [2.05, 4.69) is 17.0 Å².